The maximum Gasteiger partial charge on any atom is 0.243 e. The van der Waals surface area contributed by atoms with Crippen LogP contribution in [0, 0.1) is 5.92 Å². The van der Waals surface area contributed by atoms with Crippen molar-refractivity contribution < 1.29 is 4.79 Å². The normalized spacial score (nSPS) is 17.7. The first-order valence-electron chi connectivity index (χ1n) is 7.29. The topological polar surface area (TPSA) is 50.2 Å². The Balaban J connectivity index is 1.52. The maximum atomic E-state index is 12.3. The van der Waals surface area contributed by atoms with Crippen molar-refractivity contribution in [3.63, 3.8) is 0 Å². The first-order valence-corrected chi connectivity index (χ1v) is 7.29. The number of hydrogen-bond donors (Lipinski definition) is 1. The fraction of sp³-hybridized carbons (Fsp3) is 0.467. The molecule has 0 saturated heterocycles. The van der Waals surface area contributed by atoms with E-state index in [1.54, 1.807) is 4.90 Å². The summed E-state index contributed by atoms with van der Waals surface area (Å²) < 4.78 is 2.13. The van der Waals surface area contributed by atoms with Crippen LogP contribution in [0.25, 0.3) is 11.0 Å². The Morgan fingerprint density at radius 1 is 1.30 bits per heavy atom. The van der Waals surface area contributed by atoms with Gasteiger partial charge in [0.2, 0.25) is 11.9 Å². The molecule has 2 heterocycles. The minimum atomic E-state index is 0.125. The van der Waals surface area contributed by atoms with Crippen LogP contribution in [0.2, 0.25) is 0 Å². The summed E-state index contributed by atoms with van der Waals surface area (Å²) in [6.45, 7) is 2.96. The van der Waals surface area contributed by atoms with E-state index in [1.807, 2.05) is 18.2 Å². The van der Waals surface area contributed by atoms with Crippen molar-refractivity contribution in [1.82, 2.24) is 14.9 Å². The van der Waals surface area contributed by atoms with Gasteiger partial charge >= 0.3 is 0 Å². The average Bonchev–Trinajstić information content (AvgIpc) is 3.07. The van der Waals surface area contributed by atoms with Crippen LogP contribution in [0.1, 0.15) is 12.8 Å². The first-order chi connectivity index (χ1) is 9.83. The number of imidazole rings is 1. The van der Waals surface area contributed by atoms with Gasteiger partial charge in [-0.2, -0.15) is 0 Å². The van der Waals surface area contributed by atoms with Crippen LogP contribution >= 0.6 is 0 Å². The average molecular weight is 270 g/mol. The number of carbonyl (C=O) groups is 1. The summed E-state index contributed by atoms with van der Waals surface area (Å²) >= 11 is 0. The van der Waals surface area contributed by atoms with Crippen LogP contribution in [0.5, 0.6) is 0 Å². The Kier molecular flexibility index (Phi) is 2.73. The zero-order chi connectivity index (χ0) is 13.5. The molecule has 4 rings (SSSR count). The van der Waals surface area contributed by atoms with Gasteiger partial charge in [0.05, 0.1) is 17.6 Å². The van der Waals surface area contributed by atoms with Gasteiger partial charge in [0.25, 0.3) is 0 Å². The molecule has 5 nitrogen and oxygen atoms in total. The van der Waals surface area contributed by atoms with E-state index in [-0.39, 0.29) is 5.91 Å². The van der Waals surface area contributed by atoms with E-state index >= 15 is 0 Å². The molecule has 104 valence electrons. The van der Waals surface area contributed by atoms with Gasteiger partial charge in [-0.25, -0.2) is 4.98 Å². The molecule has 1 fully saturated rings. The third-order valence-electron chi connectivity index (χ3n) is 4.13. The molecule has 0 bridgehead atoms. The Labute approximate surface area is 117 Å². The number of aromatic nitrogens is 2. The molecule has 0 spiro atoms. The van der Waals surface area contributed by atoms with Gasteiger partial charge in [-0.15, -0.1) is 0 Å². The van der Waals surface area contributed by atoms with Gasteiger partial charge < -0.3 is 9.88 Å². The first kappa shape index (κ1) is 11.9. The number of anilines is 1. The summed E-state index contributed by atoms with van der Waals surface area (Å²) in [6, 6.07) is 8.05. The molecule has 1 amide bonds. The number of nitrogens with one attached hydrogen (secondary N) is 1. The number of para-hydroxylation sites is 2. The van der Waals surface area contributed by atoms with E-state index in [4.69, 9.17) is 0 Å². The molecular weight excluding hydrogens is 252 g/mol. The van der Waals surface area contributed by atoms with Gasteiger partial charge in [0, 0.05) is 13.1 Å². The molecule has 1 aliphatic heterocycles. The number of fused-ring (bicyclic) bond motifs is 3. The highest BCUT2D eigenvalue weighted by molar-refractivity contribution is 5.96. The van der Waals surface area contributed by atoms with E-state index in [9.17, 15) is 4.79 Å². The van der Waals surface area contributed by atoms with Gasteiger partial charge in [0.1, 0.15) is 0 Å². The highest BCUT2D eigenvalue weighted by atomic mass is 16.2. The molecule has 1 aromatic heterocycles. The molecule has 1 aliphatic carbocycles. The Morgan fingerprint density at radius 3 is 3.00 bits per heavy atom. The lowest BCUT2D eigenvalue weighted by atomic mass is 10.3. The monoisotopic (exact) mass is 270 g/mol. The van der Waals surface area contributed by atoms with Gasteiger partial charge in [-0.3, -0.25) is 9.69 Å². The number of benzene rings is 1. The van der Waals surface area contributed by atoms with Crippen molar-refractivity contribution in [2.45, 2.75) is 19.4 Å². The second-order valence-corrected chi connectivity index (χ2v) is 5.67. The van der Waals surface area contributed by atoms with Crippen LogP contribution in [0.3, 0.4) is 0 Å². The van der Waals surface area contributed by atoms with Crippen LogP contribution < -0.4 is 10.2 Å². The van der Waals surface area contributed by atoms with Crippen LogP contribution in [-0.4, -0.2) is 35.1 Å². The standard InChI is InChI=1S/C15H18N4O/c20-14(10-16-9-11-5-6-11)19-8-7-18-13-4-2-1-3-12(13)17-15(18)19/h1-4,11,16H,5-10H2. The predicted octanol–water partition coefficient (Wildman–Crippen LogP) is 1.38. The zero-order valence-electron chi connectivity index (χ0n) is 11.4. The molecule has 2 aliphatic rings. The fourth-order valence-electron chi connectivity index (χ4n) is 2.83. The highest BCUT2D eigenvalue weighted by Gasteiger charge is 2.28. The van der Waals surface area contributed by atoms with Crippen LogP contribution in [0.15, 0.2) is 24.3 Å². The predicted molar refractivity (Wildman–Crippen MR) is 77.7 cm³/mol. The largest absolute Gasteiger partial charge is 0.308 e. The summed E-state index contributed by atoms with van der Waals surface area (Å²) in [5, 5.41) is 3.26. The van der Waals surface area contributed by atoms with Crippen molar-refractivity contribution >= 4 is 22.9 Å². The number of hydrogen-bond acceptors (Lipinski definition) is 3. The molecule has 5 heteroatoms. The molecule has 0 atom stereocenters. The molecule has 1 N–H and O–H groups in total. The third-order valence-corrected chi connectivity index (χ3v) is 4.13. The smallest absolute Gasteiger partial charge is 0.243 e. The lowest BCUT2D eigenvalue weighted by Gasteiger charge is -2.14. The molecule has 1 aromatic carbocycles. The minimum Gasteiger partial charge on any atom is -0.308 e. The highest BCUT2D eigenvalue weighted by Crippen LogP contribution is 2.28. The van der Waals surface area contributed by atoms with E-state index < -0.39 is 0 Å². The lowest BCUT2D eigenvalue weighted by Crippen LogP contribution is -2.38. The van der Waals surface area contributed by atoms with Crippen LogP contribution in [0.4, 0.5) is 5.95 Å². The molecule has 0 radical (unpaired) electrons. The summed E-state index contributed by atoms with van der Waals surface area (Å²) in [5.41, 5.74) is 2.08. The van der Waals surface area contributed by atoms with E-state index in [2.05, 4.69) is 20.9 Å². The second-order valence-electron chi connectivity index (χ2n) is 5.67. The summed E-state index contributed by atoms with van der Waals surface area (Å²) in [6.07, 6.45) is 2.61. The zero-order valence-corrected chi connectivity index (χ0v) is 11.4. The van der Waals surface area contributed by atoms with Gasteiger partial charge in [-0.05, 0) is 37.4 Å². The van der Waals surface area contributed by atoms with E-state index in [0.29, 0.717) is 6.54 Å². The quantitative estimate of drug-likeness (QED) is 0.913. The van der Waals surface area contributed by atoms with Crippen LogP contribution in [-0.2, 0) is 11.3 Å². The maximum absolute atomic E-state index is 12.3. The van der Waals surface area contributed by atoms with Crippen molar-refractivity contribution in [2.24, 2.45) is 5.92 Å². The molecular formula is C15H18N4O. The molecule has 2 aromatic rings. The van der Waals surface area contributed by atoms with Crippen molar-refractivity contribution in [2.75, 3.05) is 24.5 Å². The SMILES string of the molecule is O=C(CNCC1CC1)N1CCn2c1nc1ccccc12. The van der Waals surface area contributed by atoms with Crippen molar-refractivity contribution in [3.8, 4) is 0 Å². The molecule has 20 heavy (non-hydrogen) atoms. The molecule has 0 unspecified atom stereocenters. The summed E-state index contributed by atoms with van der Waals surface area (Å²) in [4.78, 5) is 18.7. The Hall–Kier alpha value is -1.88. The van der Waals surface area contributed by atoms with Gasteiger partial charge in [-0.1, -0.05) is 12.1 Å². The summed E-state index contributed by atoms with van der Waals surface area (Å²) in [5.74, 6) is 1.72. The Morgan fingerprint density at radius 2 is 2.15 bits per heavy atom. The number of amides is 1. The van der Waals surface area contributed by atoms with Gasteiger partial charge in [0.15, 0.2) is 0 Å². The number of carbonyl (C=O) groups excluding carboxylic acids is 1. The lowest BCUT2D eigenvalue weighted by molar-refractivity contribution is -0.117. The molecule has 1 saturated carbocycles. The summed E-state index contributed by atoms with van der Waals surface area (Å²) in [7, 11) is 0. The second kappa shape index (κ2) is 4.59. The Bertz CT molecular complexity index is 659. The minimum absolute atomic E-state index is 0.125. The van der Waals surface area contributed by atoms with Crippen molar-refractivity contribution in [1.29, 1.82) is 0 Å². The third kappa shape index (κ3) is 1.98. The van der Waals surface area contributed by atoms with E-state index in [1.165, 1.54) is 12.8 Å². The number of nitrogens with zero attached hydrogens (tertiary/aromatic N) is 3. The number of rotatable bonds is 4. The van der Waals surface area contributed by atoms with E-state index in [0.717, 1.165) is 42.5 Å². The van der Waals surface area contributed by atoms with Crippen molar-refractivity contribution in [3.05, 3.63) is 24.3 Å². The fourth-order valence-corrected chi connectivity index (χ4v) is 2.83.